The monoisotopic (exact) mass is 216 g/mol. The summed E-state index contributed by atoms with van der Waals surface area (Å²) in [7, 11) is 0. The summed E-state index contributed by atoms with van der Waals surface area (Å²) >= 11 is 0. The molecular weight excluding hydrogens is 203 g/mol. The SMILES string of the molecule is CC(OF)(c1ccccc1)c1ccccc1. The van der Waals surface area contributed by atoms with Crippen LogP contribution in [0.4, 0.5) is 4.53 Å². The number of benzene rings is 2. The average Bonchev–Trinajstić information content (AvgIpc) is 2.40. The Morgan fingerprint density at radius 3 is 1.50 bits per heavy atom. The molecule has 0 spiro atoms. The van der Waals surface area contributed by atoms with Crippen LogP contribution in [0.15, 0.2) is 60.7 Å². The van der Waals surface area contributed by atoms with E-state index in [2.05, 4.69) is 4.94 Å². The molecule has 1 nitrogen and oxygen atoms in total. The summed E-state index contributed by atoms with van der Waals surface area (Å²) in [4.78, 5) is 4.21. The topological polar surface area (TPSA) is 9.23 Å². The smallest absolute Gasteiger partial charge is 0.156 e. The number of hydrogen-bond donors (Lipinski definition) is 0. The Morgan fingerprint density at radius 2 is 1.19 bits per heavy atom. The van der Waals surface area contributed by atoms with Gasteiger partial charge in [0.05, 0.1) is 0 Å². The summed E-state index contributed by atoms with van der Waals surface area (Å²) in [6.45, 7) is 1.72. The Hall–Kier alpha value is -1.67. The van der Waals surface area contributed by atoms with Gasteiger partial charge in [0.15, 0.2) is 5.60 Å². The molecule has 16 heavy (non-hydrogen) atoms. The van der Waals surface area contributed by atoms with Crippen molar-refractivity contribution in [3.05, 3.63) is 71.8 Å². The van der Waals surface area contributed by atoms with E-state index in [0.717, 1.165) is 11.1 Å². The summed E-state index contributed by atoms with van der Waals surface area (Å²) in [6, 6.07) is 18.7. The second kappa shape index (κ2) is 4.45. The molecule has 0 saturated carbocycles. The fraction of sp³-hybridized carbons (Fsp3) is 0.143. The van der Waals surface area contributed by atoms with E-state index in [1.165, 1.54) is 0 Å². The van der Waals surface area contributed by atoms with E-state index < -0.39 is 5.60 Å². The van der Waals surface area contributed by atoms with Crippen molar-refractivity contribution in [2.75, 3.05) is 0 Å². The molecule has 0 aliphatic carbocycles. The number of halogens is 1. The van der Waals surface area contributed by atoms with Crippen LogP contribution in [-0.2, 0) is 10.5 Å². The maximum absolute atomic E-state index is 12.9. The molecule has 2 heteroatoms. The van der Waals surface area contributed by atoms with Gasteiger partial charge in [-0.1, -0.05) is 60.7 Å². The zero-order valence-electron chi connectivity index (χ0n) is 9.06. The molecule has 0 heterocycles. The van der Waals surface area contributed by atoms with Gasteiger partial charge in [0.25, 0.3) is 0 Å². The maximum Gasteiger partial charge on any atom is 0.156 e. The summed E-state index contributed by atoms with van der Waals surface area (Å²) < 4.78 is 12.9. The molecule has 0 amide bonds. The lowest BCUT2D eigenvalue weighted by Crippen LogP contribution is -2.24. The van der Waals surface area contributed by atoms with Crippen LogP contribution >= 0.6 is 0 Å². The molecule has 2 aromatic rings. The molecule has 0 fully saturated rings. The second-order valence-electron chi connectivity index (χ2n) is 3.84. The Morgan fingerprint density at radius 1 is 0.812 bits per heavy atom. The fourth-order valence-corrected chi connectivity index (χ4v) is 1.77. The Kier molecular flexibility index (Phi) is 3.02. The van der Waals surface area contributed by atoms with Gasteiger partial charge < -0.3 is 0 Å². The summed E-state index contributed by atoms with van der Waals surface area (Å²) in [5.74, 6) is 0. The quantitative estimate of drug-likeness (QED) is 0.757. The molecule has 0 saturated heterocycles. The van der Waals surface area contributed by atoms with Crippen LogP contribution in [0, 0.1) is 0 Å². The van der Waals surface area contributed by atoms with Crippen molar-refractivity contribution in [1.82, 2.24) is 0 Å². The lowest BCUT2D eigenvalue weighted by atomic mass is 9.88. The van der Waals surface area contributed by atoms with Crippen molar-refractivity contribution in [2.45, 2.75) is 12.5 Å². The first kappa shape index (κ1) is 10.8. The van der Waals surface area contributed by atoms with Crippen molar-refractivity contribution in [3.8, 4) is 0 Å². The third kappa shape index (κ3) is 1.84. The molecule has 2 rings (SSSR count). The zero-order valence-corrected chi connectivity index (χ0v) is 9.06. The first-order chi connectivity index (χ1) is 7.77. The highest BCUT2D eigenvalue weighted by atomic mass is 19.3. The van der Waals surface area contributed by atoms with Gasteiger partial charge in [-0.25, -0.2) is 0 Å². The highest BCUT2D eigenvalue weighted by Crippen LogP contribution is 2.33. The minimum absolute atomic E-state index is 0.795. The van der Waals surface area contributed by atoms with Crippen molar-refractivity contribution >= 4 is 0 Å². The molecule has 0 atom stereocenters. The number of rotatable bonds is 3. The van der Waals surface area contributed by atoms with E-state index >= 15 is 0 Å². The molecule has 0 radical (unpaired) electrons. The number of hydrogen-bond acceptors (Lipinski definition) is 1. The Balaban J connectivity index is 2.49. The third-order valence-electron chi connectivity index (χ3n) is 2.80. The van der Waals surface area contributed by atoms with Crippen LogP contribution in [0.2, 0.25) is 0 Å². The molecule has 2 aromatic carbocycles. The van der Waals surface area contributed by atoms with Gasteiger partial charge in [0, 0.05) is 0 Å². The van der Waals surface area contributed by atoms with Crippen LogP contribution in [0.1, 0.15) is 18.1 Å². The van der Waals surface area contributed by atoms with E-state index in [0.29, 0.717) is 0 Å². The van der Waals surface area contributed by atoms with Gasteiger partial charge in [-0.3, -0.25) is 0 Å². The summed E-state index contributed by atoms with van der Waals surface area (Å²) in [5.41, 5.74) is 0.551. The highest BCUT2D eigenvalue weighted by molar-refractivity contribution is 5.35. The Labute approximate surface area is 94.4 Å². The molecule has 0 aliphatic rings. The molecule has 0 aliphatic heterocycles. The van der Waals surface area contributed by atoms with E-state index in [4.69, 9.17) is 0 Å². The first-order valence-corrected chi connectivity index (χ1v) is 5.18. The minimum atomic E-state index is -1.04. The molecule has 0 bridgehead atoms. The Bertz CT molecular complexity index is 399. The van der Waals surface area contributed by atoms with E-state index in [-0.39, 0.29) is 0 Å². The summed E-state index contributed by atoms with van der Waals surface area (Å²) in [5, 5.41) is 0. The first-order valence-electron chi connectivity index (χ1n) is 5.18. The van der Waals surface area contributed by atoms with Gasteiger partial charge in [0.2, 0.25) is 0 Å². The van der Waals surface area contributed by atoms with Crippen molar-refractivity contribution in [1.29, 1.82) is 0 Å². The predicted molar refractivity (Wildman–Crippen MR) is 61.5 cm³/mol. The van der Waals surface area contributed by atoms with Crippen molar-refractivity contribution in [2.24, 2.45) is 0 Å². The van der Waals surface area contributed by atoms with Crippen molar-refractivity contribution < 1.29 is 9.47 Å². The second-order valence-corrected chi connectivity index (χ2v) is 3.84. The average molecular weight is 216 g/mol. The zero-order chi connectivity index (χ0) is 11.4. The van der Waals surface area contributed by atoms with Crippen LogP contribution in [0.5, 0.6) is 0 Å². The lowest BCUT2D eigenvalue weighted by Gasteiger charge is -2.25. The predicted octanol–water partition coefficient (Wildman–Crippen LogP) is 3.85. The van der Waals surface area contributed by atoms with Crippen LogP contribution in [0.25, 0.3) is 0 Å². The van der Waals surface area contributed by atoms with E-state index in [1.807, 2.05) is 60.7 Å². The van der Waals surface area contributed by atoms with Crippen LogP contribution in [0.3, 0.4) is 0 Å². The van der Waals surface area contributed by atoms with Crippen molar-refractivity contribution in [3.63, 3.8) is 0 Å². The molecule has 82 valence electrons. The molecule has 0 N–H and O–H groups in total. The minimum Gasteiger partial charge on any atom is -0.178 e. The highest BCUT2D eigenvalue weighted by Gasteiger charge is 2.30. The lowest BCUT2D eigenvalue weighted by molar-refractivity contribution is -0.217. The van der Waals surface area contributed by atoms with E-state index in [1.54, 1.807) is 6.92 Å². The summed E-state index contributed by atoms with van der Waals surface area (Å²) in [6.07, 6.45) is 0. The molecule has 0 aromatic heterocycles. The van der Waals surface area contributed by atoms with Gasteiger partial charge in [0.1, 0.15) is 0 Å². The maximum atomic E-state index is 12.9. The van der Waals surface area contributed by atoms with E-state index in [9.17, 15) is 4.53 Å². The van der Waals surface area contributed by atoms with Gasteiger partial charge >= 0.3 is 0 Å². The third-order valence-corrected chi connectivity index (χ3v) is 2.80. The molecular formula is C14H13FO. The normalized spacial score (nSPS) is 11.4. The van der Waals surface area contributed by atoms with Gasteiger partial charge in [-0.05, 0) is 22.6 Å². The molecule has 0 unspecified atom stereocenters. The van der Waals surface area contributed by atoms with Crippen LogP contribution in [-0.4, -0.2) is 0 Å². The van der Waals surface area contributed by atoms with Crippen LogP contribution < -0.4 is 0 Å². The standard InChI is InChI=1S/C14H13FO/c1-14(16-15,12-8-4-2-5-9-12)13-10-6-3-7-11-13/h2-11H,1H3. The largest absolute Gasteiger partial charge is 0.178 e. The van der Waals surface area contributed by atoms with Gasteiger partial charge in [-0.15, -0.1) is 0 Å². The van der Waals surface area contributed by atoms with Gasteiger partial charge in [-0.2, -0.15) is 4.94 Å². The fourth-order valence-electron chi connectivity index (χ4n) is 1.77.